The number of para-hydroxylation sites is 1. The lowest BCUT2D eigenvalue weighted by molar-refractivity contribution is -0.122. The van der Waals surface area contributed by atoms with Gasteiger partial charge in [0, 0.05) is 30.2 Å². The Kier molecular flexibility index (Phi) is 6.28. The first-order valence-corrected chi connectivity index (χ1v) is 11.4. The van der Waals surface area contributed by atoms with Gasteiger partial charge < -0.3 is 4.57 Å². The Morgan fingerprint density at radius 1 is 1.06 bits per heavy atom. The first-order valence-electron chi connectivity index (χ1n) is 10.6. The van der Waals surface area contributed by atoms with Crippen LogP contribution in [0.5, 0.6) is 0 Å². The van der Waals surface area contributed by atoms with Crippen LogP contribution in [0, 0.1) is 5.82 Å². The van der Waals surface area contributed by atoms with Crippen LogP contribution < -0.4 is 0 Å². The molecule has 6 heteroatoms. The SMILES string of the molecule is CCCCN1C(=O)S/C(=C\c2cn(Cc3ccc(F)cc3)c3c(CC)cccc23)C1=O. The first-order chi connectivity index (χ1) is 15.0. The number of carbonyl (C=O) groups is 2. The predicted molar refractivity (Wildman–Crippen MR) is 124 cm³/mol. The van der Waals surface area contributed by atoms with E-state index in [0.717, 1.165) is 53.1 Å². The zero-order chi connectivity index (χ0) is 22.0. The third-order valence-electron chi connectivity index (χ3n) is 5.56. The van der Waals surface area contributed by atoms with Crippen molar-refractivity contribution in [1.82, 2.24) is 9.47 Å². The molecule has 0 unspecified atom stereocenters. The van der Waals surface area contributed by atoms with Gasteiger partial charge in [-0.2, -0.15) is 0 Å². The summed E-state index contributed by atoms with van der Waals surface area (Å²) in [5, 5.41) is 0.843. The number of unbranched alkanes of at least 4 members (excludes halogenated alkanes) is 1. The van der Waals surface area contributed by atoms with E-state index in [4.69, 9.17) is 0 Å². The molecule has 1 saturated heterocycles. The van der Waals surface area contributed by atoms with Crippen LogP contribution in [0.15, 0.2) is 53.6 Å². The zero-order valence-electron chi connectivity index (χ0n) is 17.7. The Morgan fingerprint density at radius 2 is 1.84 bits per heavy atom. The Labute approximate surface area is 185 Å². The van der Waals surface area contributed by atoms with Gasteiger partial charge >= 0.3 is 0 Å². The van der Waals surface area contributed by atoms with Gasteiger partial charge in [0.2, 0.25) is 0 Å². The second-order valence-electron chi connectivity index (χ2n) is 7.69. The van der Waals surface area contributed by atoms with Gasteiger partial charge in [-0.25, -0.2) is 4.39 Å². The quantitative estimate of drug-likeness (QED) is 0.413. The lowest BCUT2D eigenvalue weighted by atomic mass is 10.1. The second-order valence-corrected chi connectivity index (χ2v) is 8.69. The van der Waals surface area contributed by atoms with Crippen molar-refractivity contribution < 1.29 is 14.0 Å². The second kappa shape index (κ2) is 9.10. The average Bonchev–Trinajstić information content (AvgIpc) is 3.25. The molecule has 1 aliphatic heterocycles. The van der Waals surface area contributed by atoms with E-state index in [0.29, 0.717) is 18.0 Å². The van der Waals surface area contributed by atoms with Crippen molar-refractivity contribution in [2.45, 2.75) is 39.7 Å². The molecule has 0 N–H and O–H groups in total. The van der Waals surface area contributed by atoms with Gasteiger partial charge in [0.05, 0.1) is 10.4 Å². The van der Waals surface area contributed by atoms with E-state index in [1.165, 1.54) is 22.6 Å². The van der Waals surface area contributed by atoms with Crippen LogP contribution >= 0.6 is 11.8 Å². The molecular weight excluding hydrogens is 411 g/mol. The third kappa shape index (κ3) is 4.30. The molecule has 0 atom stereocenters. The van der Waals surface area contributed by atoms with Gasteiger partial charge in [-0.1, -0.05) is 50.6 Å². The smallest absolute Gasteiger partial charge is 0.293 e. The van der Waals surface area contributed by atoms with Crippen LogP contribution in [0.4, 0.5) is 9.18 Å². The van der Waals surface area contributed by atoms with Gasteiger partial charge in [0.25, 0.3) is 11.1 Å². The summed E-state index contributed by atoms with van der Waals surface area (Å²) in [5.41, 5.74) is 4.21. The van der Waals surface area contributed by atoms with Crippen LogP contribution in [-0.4, -0.2) is 27.2 Å². The van der Waals surface area contributed by atoms with Gasteiger partial charge in [0.1, 0.15) is 5.82 Å². The third-order valence-corrected chi connectivity index (χ3v) is 6.46. The highest BCUT2D eigenvalue weighted by atomic mass is 32.2. The van der Waals surface area contributed by atoms with Crippen LogP contribution in [0.2, 0.25) is 0 Å². The van der Waals surface area contributed by atoms with Crippen molar-refractivity contribution in [3.05, 3.63) is 76.1 Å². The Morgan fingerprint density at radius 3 is 2.55 bits per heavy atom. The van der Waals surface area contributed by atoms with Crippen molar-refractivity contribution in [3.8, 4) is 0 Å². The maximum Gasteiger partial charge on any atom is 0.293 e. The number of aromatic nitrogens is 1. The fourth-order valence-corrected chi connectivity index (χ4v) is 4.78. The molecule has 0 spiro atoms. The summed E-state index contributed by atoms with van der Waals surface area (Å²) in [7, 11) is 0. The molecule has 3 aromatic rings. The van der Waals surface area contributed by atoms with E-state index in [1.807, 2.05) is 31.3 Å². The fourth-order valence-electron chi connectivity index (χ4n) is 3.93. The summed E-state index contributed by atoms with van der Waals surface area (Å²) in [5.74, 6) is -0.468. The molecular formula is C25H25FN2O2S. The highest BCUT2D eigenvalue weighted by molar-refractivity contribution is 8.18. The van der Waals surface area contributed by atoms with Crippen molar-refractivity contribution in [1.29, 1.82) is 0 Å². The molecule has 2 amide bonds. The maximum atomic E-state index is 13.3. The number of amides is 2. The number of carbonyl (C=O) groups excluding carboxylic acids is 2. The lowest BCUT2D eigenvalue weighted by Gasteiger charge is -2.10. The predicted octanol–water partition coefficient (Wildman–Crippen LogP) is 6.23. The van der Waals surface area contributed by atoms with Gasteiger partial charge in [0.15, 0.2) is 0 Å². The number of thioether (sulfide) groups is 1. The normalized spacial score (nSPS) is 15.6. The van der Waals surface area contributed by atoms with Gasteiger partial charge in [-0.15, -0.1) is 0 Å². The van der Waals surface area contributed by atoms with E-state index in [1.54, 1.807) is 12.1 Å². The van der Waals surface area contributed by atoms with Crippen LogP contribution in [-0.2, 0) is 17.8 Å². The number of fused-ring (bicyclic) bond motifs is 1. The van der Waals surface area contributed by atoms with E-state index in [9.17, 15) is 14.0 Å². The molecule has 4 rings (SSSR count). The number of hydrogen-bond acceptors (Lipinski definition) is 3. The summed E-state index contributed by atoms with van der Waals surface area (Å²) >= 11 is 1.01. The molecule has 0 saturated carbocycles. The number of hydrogen-bond donors (Lipinski definition) is 0. The van der Waals surface area contributed by atoms with Crippen molar-refractivity contribution in [2.75, 3.05) is 6.54 Å². The largest absolute Gasteiger partial charge is 0.342 e. The molecule has 4 nitrogen and oxygen atoms in total. The highest BCUT2D eigenvalue weighted by Crippen LogP contribution is 2.35. The Balaban J connectivity index is 1.75. The molecule has 31 heavy (non-hydrogen) atoms. The van der Waals surface area contributed by atoms with E-state index >= 15 is 0 Å². The summed E-state index contributed by atoms with van der Waals surface area (Å²) in [6.07, 6.45) is 6.46. The van der Waals surface area contributed by atoms with E-state index in [2.05, 4.69) is 17.6 Å². The molecule has 0 aliphatic carbocycles. The topological polar surface area (TPSA) is 42.3 Å². The number of imide groups is 1. The van der Waals surface area contributed by atoms with Crippen LogP contribution in [0.3, 0.4) is 0 Å². The molecule has 160 valence electrons. The molecule has 1 fully saturated rings. The minimum Gasteiger partial charge on any atom is -0.342 e. The number of benzene rings is 2. The molecule has 0 radical (unpaired) electrons. The summed E-state index contributed by atoms with van der Waals surface area (Å²) in [4.78, 5) is 26.9. The fraction of sp³-hybridized carbons (Fsp3) is 0.280. The standard InChI is InChI=1S/C25H25FN2O2S/c1-3-5-13-28-24(29)22(31-25(28)30)14-19-16-27(15-17-9-11-20(26)12-10-17)23-18(4-2)7-6-8-21(19)23/h6-12,14,16H,3-5,13,15H2,1-2H3/b22-14-. The lowest BCUT2D eigenvalue weighted by Crippen LogP contribution is -2.29. The monoisotopic (exact) mass is 436 g/mol. The Hall–Kier alpha value is -2.86. The number of aryl methyl sites for hydroxylation is 1. The highest BCUT2D eigenvalue weighted by Gasteiger charge is 2.34. The van der Waals surface area contributed by atoms with E-state index in [-0.39, 0.29) is 17.0 Å². The molecule has 0 bridgehead atoms. The summed E-state index contributed by atoms with van der Waals surface area (Å²) in [6.45, 7) is 5.21. The van der Waals surface area contributed by atoms with Crippen LogP contribution in [0.25, 0.3) is 17.0 Å². The average molecular weight is 437 g/mol. The zero-order valence-corrected chi connectivity index (χ0v) is 18.5. The molecule has 1 aliphatic rings. The van der Waals surface area contributed by atoms with E-state index < -0.39 is 0 Å². The van der Waals surface area contributed by atoms with Gasteiger partial charge in [-0.3, -0.25) is 14.5 Å². The summed E-state index contributed by atoms with van der Waals surface area (Å²) in [6, 6.07) is 12.7. The number of halogens is 1. The number of rotatable bonds is 7. The maximum absolute atomic E-state index is 13.3. The minimum absolute atomic E-state index is 0.200. The first kappa shape index (κ1) is 21.4. The summed E-state index contributed by atoms with van der Waals surface area (Å²) < 4.78 is 15.5. The van der Waals surface area contributed by atoms with Crippen molar-refractivity contribution in [3.63, 3.8) is 0 Å². The van der Waals surface area contributed by atoms with Crippen LogP contribution in [0.1, 0.15) is 43.4 Å². The minimum atomic E-state index is -0.255. The molecule has 2 aromatic carbocycles. The van der Waals surface area contributed by atoms with Crippen molar-refractivity contribution >= 4 is 39.9 Å². The van der Waals surface area contributed by atoms with Gasteiger partial charge in [-0.05, 0) is 53.9 Å². The number of nitrogens with zero attached hydrogens (tertiary/aromatic N) is 2. The molecule has 1 aromatic heterocycles. The molecule has 2 heterocycles. The Bertz CT molecular complexity index is 1160. The van der Waals surface area contributed by atoms with Crippen molar-refractivity contribution in [2.24, 2.45) is 0 Å².